The second kappa shape index (κ2) is 8.08. The van der Waals surface area contributed by atoms with Gasteiger partial charge in [-0.3, -0.25) is 4.79 Å². The molecule has 0 aliphatic rings. The zero-order chi connectivity index (χ0) is 12.5. The van der Waals surface area contributed by atoms with Gasteiger partial charge in [0.1, 0.15) is 12.4 Å². The molecule has 0 aliphatic heterocycles. The second-order valence-corrected chi connectivity index (χ2v) is 3.78. The van der Waals surface area contributed by atoms with Crippen molar-refractivity contribution in [2.75, 3.05) is 30.5 Å². The first-order valence-electron chi connectivity index (χ1n) is 5.43. The van der Waals surface area contributed by atoms with E-state index in [0.29, 0.717) is 31.3 Å². The maximum absolute atomic E-state index is 11.3. The number of hydrogen-bond acceptors (Lipinski definition) is 3. The molecule has 0 atom stereocenters. The van der Waals surface area contributed by atoms with E-state index in [4.69, 9.17) is 9.47 Å². The predicted octanol–water partition coefficient (Wildman–Crippen LogP) is 2.44. The molecular weight excluding hydrogens is 286 g/mol. The van der Waals surface area contributed by atoms with Crippen LogP contribution in [-0.4, -0.2) is 31.1 Å². The molecule has 1 aromatic rings. The summed E-state index contributed by atoms with van der Waals surface area (Å²) in [4.78, 5) is 11.3. The quantitative estimate of drug-likeness (QED) is 0.621. The van der Waals surface area contributed by atoms with Crippen LogP contribution >= 0.6 is 15.9 Å². The maximum Gasteiger partial charge on any atom is 0.235 e. The van der Waals surface area contributed by atoms with Crippen LogP contribution in [0.1, 0.15) is 6.92 Å². The number of alkyl halides is 1. The average Bonchev–Trinajstić information content (AvgIpc) is 2.36. The molecule has 1 amide bonds. The van der Waals surface area contributed by atoms with Gasteiger partial charge in [-0.05, 0) is 19.1 Å². The molecule has 1 rings (SSSR count). The molecule has 0 aliphatic carbocycles. The Morgan fingerprint density at radius 2 is 2.12 bits per heavy atom. The molecule has 4 nitrogen and oxygen atoms in total. The second-order valence-electron chi connectivity index (χ2n) is 3.22. The van der Waals surface area contributed by atoms with Crippen molar-refractivity contribution < 1.29 is 14.3 Å². The van der Waals surface area contributed by atoms with Crippen molar-refractivity contribution in [2.24, 2.45) is 0 Å². The van der Waals surface area contributed by atoms with E-state index in [1.54, 1.807) is 6.07 Å². The number of ether oxygens (including phenoxy) is 2. The number of amides is 1. The lowest BCUT2D eigenvalue weighted by Gasteiger charge is -2.11. The summed E-state index contributed by atoms with van der Waals surface area (Å²) in [7, 11) is 0. The molecule has 0 unspecified atom stereocenters. The first-order chi connectivity index (χ1) is 8.27. The Hall–Kier alpha value is -1.07. The molecule has 0 saturated carbocycles. The van der Waals surface area contributed by atoms with Crippen molar-refractivity contribution in [3.63, 3.8) is 0 Å². The maximum atomic E-state index is 11.3. The molecule has 1 N–H and O–H groups in total. The van der Waals surface area contributed by atoms with E-state index < -0.39 is 0 Å². The molecular formula is C12H16BrNO3. The number of hydrogen-bond donors (Lipinski definition) is 1. The fraction of sp³-hybridized carbons (Fsp3) is 0.417. The van der Waals surface area contributed by atoms with Crippen LogP contribution < -0.4 is 10.1 Å². The van der Waals surface area contributed by atoms with Crippen LogP contribution in [-0.2, 0) is 9.53 Å². The molecule has 0 bridgehead atoms. The van der Waals surface area contributed by atoms with Gasteiger partial charge in [0.05, 0.1) is 17.6 Å². The summed E-state index contributed by atoms with van der Waals surface area (Å²) in [5.74, 6) is 0.548. The summed E-state index contributed by atoms with van der Waals surface area (Å²) in [6.07, 6.45) is 0. The third-order valence-electron chi connectivity index (χ3n) is 1.97. The van der Waals surface area contributed by atoms with Crippen LogP contribution in [0, 0.1) is 0 Å². The third-order valence-corrected chi connectivity index (χ3v) is 2.48. The Kier molecular flexibility index (Phi) is 6.65. The zero-order valence-corrected chi connectivity index (χ0v) is 11.3. The van der Waals surface area contributed by atoms with Crippen LogP contribution in [0.4, 0.5) is 5.69 Å². The van der Waals surface area contributed by atoms with Gasteiger partial charge in [0, 0.05) is 6.61 Å². The molecule has 17 heavy (non-hydrogen) atoms. The summed E-state index contributed by atoms with van der Waals surface area (Å²) in [5.41, 5.74) is 0.674. The Morgan fingerprint density at radius 3 is 2.82 bits per heavy atom. The van der Waals surface area contributed by atoms with E-state index in [1.165, 1.54) is 0 Å². The van der Waals surface area contributed by atoms with Gasteiger partial charge in [-0.15, -0.1) is 0 Å². The van der Waals surface area contributed by atoms with Crippen molar-refractivity contribution in [3.8, 4) is 5.75 Å². The fourth-order valence-electron chi connectivity index (χ4n) is 1.23. The molecule has 0 heterocycles. The lowest BCUT2D eigenvalue weighted by molar-refractivity contribution is -0.113. The number of para-hydroxylation sites is 2. The van der Waals surface area contributed by atoms with Crippen LogP contribution in [0.5, 0.6) is 5.75 Å². The van der Waals surface area contributed by atoms with E-state index in [1.807, 2.05) is 25.1 Å². The molecule has 0 spiro atoms. The Morgan fingerprint density at radius 1 is 1.35 bits per heavy atom. The van der Waals surface area contributed by atoms with Crippen LogP contribution in [0.3, 0.4) is 0 Å². The van der Waals surface area contributed by atoms with E-state index >= 15 is 0 Å². The molecule has 1 aromatic carbocycles. The molecule has 94 valence electrons. The largest absolute Gasteiger partial charge is 0.489 e. The smallest absolute Gasteiger partial charge is 0.235 e. The van der Waals surface area contributed by atoms with Gasteiger partial charge in [0.15, 0.2) is 0 Å². The average molecular weight is 302 g/mol. The van der Waals surface area contributed by atoms with E-state index in [2.05, 4.69) is 21.2 Å². The van der Waals surface area contributed by atoms with E-state index in [-0.39, 0.29) is 11.2 Å². The molecule has 0 saturated heterocycles. The van der Waals surface area contributed by atoms with Gasteiger partial charge in [-0.2, -0.15) is 0 Å². The van der Waals surface area contributed by atoms with Crippen molar-refractivity contribution >= 4 is 27.5 Å². The fourth-order valence-corrected chi connectivity index (χ4v) is 1.37. The standard InChI is InChI=1S/C12H16BrNO3/c1-2-16-7-8-17-11-6-4-3-5-10(11)14-12(15)9-13/h3-6H,2,7-9H2,1H3,(H,14,15). The summed E-state index contributed by atoms with van der Waals surface area (Å²) < 4.78 is 10.7. The normalized spacial score (nSPS) is 10.0. The van der Waals surface area contributed by atoms with Crippen LogP contribution in [0.2, 0.25) is 0 Å². The zero-order valence-electron chi connectivity index (χ0n) is 9.74. The lowest BCUT2D eigenvalue weighted by atomic mass is 10.3. The highest BCUT2D eigenvalue weighted by Gasteiger charge is 2.05. The first-order valence-corrected chi connectivity index (χ1v) is 6.55. The molecule has 0 radical (unpaired) electrons. The van der Waals surface area contributed by atoms with Gasteiger partial charge in [-0.1, -0.05) is 28.1 Å². The van der Waals surface area contributed by atoms with E-state index in [0.717, 1.165) is 0 Å². The number of carbonyl (C=O) groups excluding carboxylic acids is 1. The van der Waals surface area contributed by atoms with Gasteiger partial charge in [0.2, 0.25) is 5.91 Å². The highest BCUT2D eigenvalue weighted by Crippen LogP contribution is 2.23. The predicted molar refractivity (Wildman–Crippen MR) is 70.9 cm³/mol. The topological polar surface area (TPSA) is 47.6 Å². The summed E-state index contributed by atoms with van der Waals surface area (Å²) in [5, 5.41) is 3.01. The number of anilines is 1. The minimum atomic E-state index is -0.106. The van der Waals surface area contributed by atoms with Gasteiger partial charge >= 0.3 is 0 Å². The highest BCUT2D eigenvalue weighted by atomic mass is 79.9. The van der Waals surface area contributed by atoms with Crippen LogP contribution in [0.15, 0.2) is 24.3 Å². The number of carbonyl (C=O) groups is 1. The Bertz CT molecular complexity index is 357. The number of halogens is 1. The van der Waals surface area contributed by atoms with Gasteiger partial charge < -0.3 is 14.8 Å². The number of nitrogens with one attached hydrogen (secondary N) is 1. The lowest BCUT2D eigenvalue weighted by Crippen LogP contribution is -2.14. The summed E-state index contributed by atoms with van der Waals surface area (Å²) in [6.45, 7) is 3.61. The first kappa shape index (κ1) is 14.0. The van der Waals surface area contributed by atoms with Crippen molar-refractivity contribution in [2.45, 2.75) is 6.92 Å². The third kappa shape index (κ3) is 5.19. The van der Waals surface area contributed by atoms with Crippen molar-refractivity contribution in [3.05, 3.63) is 24.3 Å². The SMILES string of the molecule is CCOCCOc1ccccc1NC(=O)CBr. The number of rotatable bonds is 7. The summed E-state index contributed by atoms with van der Waals surface area (Å²) in [6, 6.07) is 7.32. The number of benzene rings is 1. The summed E-state index contributed by atoms with van der Waals surface area (Å²) >= 11 is 3.10. The van der Waals surface area contributed by atoms with E-state index in [9.17, 15) is 4.79 Å². The molecule has 0 aromatic heterocycles. The minimum Gasteiger partial charge on any atom is -0.489 e. The van der Waals surface area contributed by atoms with Gasteiger partial charge in [0.25, 0.3) is 0 Å². The van der Waals surface area contributed by atoms with Crippen LogP contribution in [0.25, 0.3) is 0 Å². The Balaban J connectivity index is 2.54. The molecule has 0 fully saturated rings. The van der Waals surface area contributed by atoms with Crippen molar-refractivity contribution in [1.82, 2.24) is 0 Å². The monoisotopic (exact) mass is 301 g/mol. The van der Waals surface area contributed by atoms with Gasteiger partial charge in [-0.25, -0.2) is 0 Å². The van der Waals surface area contributed by atoms with Crippen molar-refractivity contribution in [1.29, 1.82) is 0 Å². The highest BCUT2D eigenvalue weighted by molar-refractivity contribution is 9.09. The Labute approximate surface area is 109 Å². The molecule has 5 heteroatoms. The minimum absolute atomic E-state index is 0.106.